The van der Waals surface area contributed by atoms with E-state index in [1.54, 1.807) is 49.9 Å². The summed E-state index contributed by atoms with van der Waals surface area (Å²) in [5.74, 6) is -0.140. The molecule has 0 aliphatic carbocycles. The smallest absolute Gasteiger partial charge is 0.240 e. The molecule has 2 aromatic rings. The van der Waals surface area contributed by atoms with E-state index < -0.39 is 16.1 Å². The van der Waals surface area contributed by atoms with E-state index in [4.69, 9.17) is 0 Å². The van der Waals surface area contributed by atoms with Crippen LogP contribution in [0.3, 0.4) is 0 Å². The third kappa shape index (κ3) is 5.80. The van der Waals surface area contributed by atoms with Gasteiger partial charge >= 0.3 is 0 Å². The molecule has 6 nitrogen and oxygen atoms in total. The summed E-state index contributed by atoms with van der Waals surface area (Å²) in [6, 6.07) is 11.9. The molecule has 0 saturated carbocycles. The Bertz CT molecular complexity index is 896. The maximum atomic E-state index is 12.6. The predicted octanol–water partition coefficient (Wildman–Crippen LogP) is 3.08. The fraction of sp³-hybridized carbons (Fsp3) is 0.316. The van der Waals surface area contributed by atoms with Gasteiger partial charge in [0, 0.05) is 23.5 Å². The van der Waals surface area contributed by atoms with E-state index in [0.29, 0.717) is 23.2 Å². The predicted molar refractivity (Wildman–Crippen MR) is 108 cm³/mol. The van der Waals surface area contributed by atoms with Crippen LogP contribution in [-0.2, 0) is 14.8 Å². The second-order valence-electron chi connectivity index (χ2n) is 6.02. The highest BCUT2D eigenvalue weighted by Crippen LogP contribution is 2.22. The number of carbonyl (C=O) groups is 1. The number of hydrogen-bond acceptors (Lipinski definition) is 5. The molecule has 0 fully saturated rings. The van der Waals surface area contributed by atoms with Crippen molar-refractivity contribution >= 4 is 33.4 Å². The average molecular weight is 409 g/mol. The molecule has 0 saturated heterocycles. The van der Waals surface area contributed by atoms with Gasteiger partial charge in [-0.2, -0.15) is 0 Å². The summed E-state index contributed by atoms with van der Waals surface area (Å²) in [6.07, 6.45) is 1.36. The van der Waals surface area contributed by atoms with E-state index in [-0.39, 0.29) is 17.3 Å². The normalized spacial score (nSPS) is 12.6. The Hall–Kier alpha value is -1.87. The summed E-state index contributed by atoms with van der Waals surface area (Å²) >= 11 is 1.59. The number of rotatable bonds is 8. The van der Waals surface area contributed by atoms with Crippen LogP contribution in [0, 0.1) is 6.92 Å². The first kappa shape index (κ1) is 21.4. The molecule has 1 unspecified atom stereocenters. The van der Waals surface area contributed by atoms with E-state index in [2.05, 4.69) is 10.0 Å². The fourth-order valence-corrected chi connectivity index (χ4v) is 4.16. The lowest BCUT2D eigenvalue weighted by atomic mass is 10.1. The highest BCUT2D eigenvalue weighted by atomic mass is 32.2. The van der Waals surface area contributed by atoms with Crippen molar-refractivity contribution < 1.29 is 18.3 Å². The topological polar surface area (TPSA) is 95.5 Å². The number of hydrogen-bond donors (Lipinski definition) is 3. The Morgan fingerprint density at radius 1 is 1.19 bits per heavy atom. The number of anilines is 1. The number of sulfonamides is 1. The first-order chi connectivity index (χ1) is 12.8. The summed E-state index contributed by atoms with van der Waals surface area (Å²) < 4.78 is 27.6. The summed E-state index contributed by atoms with van der Waals surface area (Å²) in [6.45, 7) is 3.27. The van der Waals surface area contributed by atoms with Gasteiger partial charge in [-0.15, -0.1) is 11.8 Å². The molecule has 1 amide bonds. The first-order valence-electron chi connectivity index (χ1n) is 8.49. The minimum Gasteiger partial charge on any atom is -0.387 e. The van der Waals surface area contributed by atoms with Crippen molar-refractivity contribution in [2.45, 2.75) is 36.2 Å². The lowest BCUT2D eigenvalue weighted by Crippen LogP contribution is -2.29. The molecule has 8 heteroatoms. The molecule has 1 atom stereocenters. The van der Waals surface area contributed by atoms with Crippen molar-refractivity contribution in [1.82, 2.24) is 4.72 Å². The van der Waals surface area contributed by atoms with Crippen molar-refractivity contribution in [2.24, 2.45) is 0 Å². The van der Waals surface area contributed by atoms with Crippen molar-refractivity contribution in [3.05, 3.63) is 53.6 Å². The highest BCUT2D eigenvalue weighted by Gasteiger charge is 2.19. The van der Waals surface area contributed by atoms with Gasteiger partial charge in [-0.25, -0.2) is 13.1 Å². The van der Waals surface area contributed by atoms with Gasteiger partial charge in [0.15, 0.2) is 0 Å². The van der Waals surface area contributed by atoms with Gasteiger partial charge in [-0.05, 0) is 54.6 Å². The minimum absolute atomic E-state index is 0.113. The van der Waals surface area contributed by atoms with Crippen LogP contribution in [-0.4, -0.2) is 32.2 Å². The zero-order valence-electron chi connectivity index (χ0n) is 15.5. The van der Waals surface area contributed by atoms with Crippen molar-refractivity contribution in [1.29, 1.82) is 0 Å². The maximum Gasteiger partial charge on any atom is 0.240 e. The van der Waals surface area contributed by atoms with Crippen LogP contribution in [0.25, 0.3) is 0 Å². The van der Waals surface area contributed by atoms with E-state index in [9.17, 15) is 18.3 Å². The Kier molecular flexibility index (Phi) is 7.43. The van der Waals surface area contributed by atoms with Gasteiger partial charge in [0.05, 0.1) is 11.0 Å². The fourth-order valence-electron chi connectivity index (χ4n) is 2.49. The molecule has 0 aliphatic rings. The summed E-state index contributed by atoms with van der Waals surface area (Å²) in [7, 11) is -3.78. The van der Waals surface area contributed by atoms with Crippen LogP contribution in [0.4, 0.5) is 5.69 Å². The molecule has 146 valence electrons. The zero-order valence-corrected chi connectivity index (χ0v) is 17.2. The SMILES string of the molecule is CCC(=O)Nc1ccc(S(=O)(=O)NCC(O)c2ccc(SC)cc2)c(C)c1. The van der Waals surface area contributed by atoms with Crippen LogP contribution in [0.5, 0.6) is 0 Å². The molecule has 0 heterocycles. The lowest BCUT2D eigenvalue weighted by molar-refractivity contribution is -0.115. The summed E-state index contributed by atoms with van der Waals surface area (Å²) in [5, 5.41) is 12.9. The van der Waals surface area contributed by atoms with Crippen molar-refractivity contribution in [2.75, 3.05) is 18.1 Å². The molecular weight excluding hydrogens is 384 g/mol. The first-order valence-corrected chi connectivity index (χ1v) is 11.2. The van der Waals surface area contributed by atoms with Crippen molar-refractivity contribution in [3.8, 4) is 0 Å². The van der Waals surface area contributed by atoms with Gasteiger partial charge in [0.25, 0.3) is 0 Å². The number of benzene rings is 2. The standard InChI is InChI=1S/C19H24N2O4S2/c1-4-19(23)21-15-7-10-18(13(2)11-15)27(24,25)20-12-17(22)14-5-8-16(26-3)9-6-14/h5-11,17,20,22H,4,12H2,1-3H3,(H,21,23). The zero-order chi connectivity index (χ0) is 20.0. The second kappa shape index (κ2) is 9.36. The van der Waals surface area contributed by atoms with Crippen LogP contribution in [0.15, 0.2) is 52.3 Å². The Balaban J connectivity index is 2.07. The maximum absolute atomic E-state index is 12.6. The third-order valence-electron chi connectivity index (χ3n) is 4.04. The number of aliphatic hydroxyl groups excluding tert-OH is 1. The largest absolute Gasteiger partial charge is 0.387 e. The quantitative estimate of drug-likeness (QED) is 0.584. The van der Waals surface area contributed by atoms with Gasteiger partial charge < -0.3 is 10.4 Å². The molecule has 0 aliphatic heterocycles. The molecule has 0 aromatic heterocycles. The van der Waals surface area contributed by atoms with Gasteiger partial charge in [-0.1, -0.05) is 19.1 Å². The number of aryl methyl sites for hydroxylation is 1. The monoisotopic (exact) mass is 408 g/mol. The number of aliphatic hydroxyl groups is 1. The van der Waals surface area contributed by atoms with Crippen molar-refractivity contribution in [3.63, 3.8) is 0 Å². The third-order valence-corrected chi connectivity index (χ3v) is 6.36. The van der Waals surface area contributed by atoms with E-state index >= 15 is 0 Å². The molecule has 27 heavy (non-hydrogen) atoms. The molecule has 3 N–H and O–H groups in total. The Morgan fingerprint density at radius 2 is 1.85 bits per heavy atom. The number of carbonyl (C=O) groups excluding carboxylic acids is 1. The van der Waals surface area contributed by atoms with Gasteiger partial charge in [0.2, 0.25) is 15.9 Å². The summed E-state index contributed by atoms with van der Waals surface area (Å²) in [4.78, 5) is 12.6. The molecule has 2 aromatic carbocycles. The van der Waals surface area contributed by atoms with E-state index in [0.717, 1.165) is 4.90 Å². The Labute approximate surface area is 164 Å². The van der Waals surface area contributed by atoms with E-state index in [1.165, 1.54) is 6.07 Å². The van der Waals surface area contributed by atoms with Crippen LogP contribution >= 0.6 is 11.8 Å². The second-order valence-corrected chi connectivity index (χ2v) is 8.64. The van der Waals surface area contributed by atoms with Crippen LogP contribution < -0.4 is 10.0 Å². The van der Waals surface area contributed by atoms with Crippen LogP contribution in [0.2, 0.25) is 0 Å². The Morgan fingerprint density at radius 3 is 2.41 bits per heavy atom. The molecule has 2 rings (SSSR count). The molecular formula is C19H24N2O4S2. The minimum atomic E-state index is -3.78. The average Bonchev–Trinajstić information content (AvgIpc) is 2.66. The lowest BCUT2D eigenvalue weighted by Gasteiger charge is -2.15. The molecule has 0 radical (unpaired) electrons. The number of thioether (sulfide) groups is 1. The van der Waals surface area contributed by atoms with Crippen LogP contribution in [0.1, 0.15) is 30.6 Å². The molecule has 0 spiro atoms. The number of nitrogens with one attached hydrogen (secondary N) is 2. The van der Waals surface area contributed by atoms with Gasteiger partial charge in [-0.3, -0.25) is 4.79 Å². The highest BCUT2D eigenvalue weighted by molar-refractivity contribution is 7.98. The van der Waals surface area contributed by atoms with E-state index in [1.807, 2.05) is 18.4 Å². The molecule has 0 bridgehead atoms. The van der Waals surface area contributed by atoms with Gasteiger partial charge in [0.1, 0.15) is 0 Å². The number of amides is 1. The summed E-state index contributed by atoms with van der Waals surface area (Å²) in [5.41, 5.74) is 1.70.